The number of nitro groups is 1. The zero-order valence-corrected chi connectivity index (χ0v) is 16.0. The lowest BCUT2D eigenvalue weighted by Gasteiger charge is -2.08. The number of benzene rings is 2. The van der Waals surface area contributed by atoms with Gasteiger partial charge in [-0.1, -0.05) is 12.1 Å². The van der Waals surface area contributed by atoms with Gasteiger partial charge in [-0.15, -0.1) is 11.8 Å². The summed E-state index contributed by atoms with van der Waals surface area (Å²) in [6, 6.07) is 11.9. The van der Waals surface area contributed by atoms with Crippen molar-refractivity contribution in [1.82, 2.24) is 24.7 Å². The van der Waals surface area contributed by atoms with Crippen molar-refractivity contribution >= 4 is 39.6 Å². The van der Waals surface area contributed by atoms with Crippen LogP contribution < -0.4 is 5.56 Å². The lowest BCUT2D eigenvalue weighted by atomic mass is 10.3. The Bertz CT molecular complexity index is 1470. The molecule has 30 heavy (non-hydrogen) atoms. The highest BCUT2D eigenvalue weighted by Gasteiger charge is 2.15. The van der Waals surface area contributed by atoms with Crippen LogP contribution in [0.3, 0.4) is 0 Å². The van der Waals surface area contributed by atoms with Crippen molar-refractivity contribution < 1.29 is 9.34 Å². The molecule has 0 aliphatic heterocycles. The molecule has 0 atom stereocenters. The second-order valence-electron chi connectivity index (χ2n) is 6.30. The van der Waals surface area contributed by atoms with Crippen LogP contribution in [0.5, 0.6) is 0 Å². The number of aromatic nitrogens is 5. The first kappa shape index (κ1) is 18.1. The average Bonchev–Trinajstić information content (AvgIpc) is 3.36. The Kier molecular flexibility index (Phi) is 4.29. The maximum atomic E-state index is 12.0. The monoisotopic (exact) mass is 420 g/mol. The third-order valence-electron chi connectivity index (χ3n) is 4.44. The van der Waals surface area contributed by atoms with Crippen molar-refractivity contribution in [3.63, 3.8) is 0 Å². The molecular weight excluding hydrogens is 408 g/mol. The molecular formula is C19H12N6O4S. The summed E-state index contributed by atoms with van der Waals surface area (Å²) in [5, 5.41) is 15.7. The van der Waals surface area contributed by atoms with E-state index < -0.39 is 4.92 Å². The van der Waals surface area contributed by atoms with Crippen LogP contribution in [-0.4, -0.2) is 29.7 Å². The Hall–Kier alpha value is -3.99. The molecule has 0 amide bonds. The highest BCUT2D eigenvalue weighted by Crippen LogP contribution is 2.31. The molecule has 0 fully saturated rings. The summed E-state index contributed by atoms with van der Waals surface area (Å²) < 4.78 is 7.32. The van der Waals surface area contributed by atoms with Gasteiger partial charge in [-0.05, 0) is 18.2 Å². The van der Waals surface area contributed by atoms with Gasteiger partial charge in [-0.2, -0.15) is 5.10 Å². The highest BCUT2D eigenvalue weighted by atomic mass is 32.2. The summed E-state index contributed by atoms with van der Waals surface area (Å²) >= 11 is 1.47. The summed E-state index contributed by atoms with van der Waals surface area (Å²) in [7, 11) is 0. The minimum atomic E-state index is -0.466. The first-order chi connectivity index (χ1) is 14.6. The molecule has 10 nitrogen and oxygen atoms in total. The number of rotatable bonds is 5. The first-order valence-corrected chi connectivity index (χ1v) is 9.76. The number of nitro benzene ring substituents is 1. The van der Waals surface area contributed by atoms with Gasteiger partial charge in [0.15, 0.2) is 11.2 Å². The number of nitrogens with zero attached hydrogens (tertiary/aromatic N) is 5. The summed E-state index contributed by atoms with van der Waals surface area (Å²) in [5.41, 5.74) is 1.87. The molecule has 0 unspecified atom stereocenters. The minimum Gasteiger partial charge on any atom is -0.440 e. The number of oxazole rings is 1. The largest absolute Gasteiger partial charge is 0.440 e. The van der Waals surface area contributed by atoms with Crippen molar-refractivity contribution in [1.29, 1.82) is 0 Å². The van der Waals surface area contributed by atoms with E-state index in [1.807, 2.05) is 24.3 Å². The standard InChI is InChI=1S/C19H12N6O4S/c26-19-12-8-22-24(18(12)20-10-21-19)14-3-1-2-4-16(14)30-9-17-23-13-7-11(25(27)28)5-6-15(13)29-17/h1-8,10H,9H2,(H,20,21,26). The first-order valence-electron chi connectivity index (χ1n) is 8.77. The second-order valence-corrected chi connectivity index (χ2v) is 7.32. The van der Waals surface area contributed by atoms with Gasteiger partial charge in [-0.3, -0.25) is 14.9 Å². The number of fused-ring (bicyclic) bond motifs is 2. The van der Waals surface area contributed by atoms with Gasteiger partial charge in [0, 0.05) is 17.0 Å². The van der Waals surface area contributed by atoms with E-state index in [-0.39, 0.29) is 11.2 Å². The smallest absolute Gasteiger partial charge is 0.271 e. The maximum Gasteiger partial charge on any atom is 0.271 e. The molecule has 0 spiro atoms. The van der Waals surface area contributed by atoms with E-state index in [1.165, 1.54) is 36.4 Å². The Labute approximate surface area is 171 Å². The van der Waals surface area contributed by atoms with Crippen LogP contribution in [0.15, 0.2) is 69.1 Å². The quantitative estimate of drug-likeness (QED) is 0.260. The predicted molar refractivity (Wildman–Crippen MR) is 110 cm³/mol. The SMILES string of the molecule is O=c1[nH]cnc2c1cnn2-c1ccccc1SCc1nc2cc([N+](=O)[O-])ccc2o1. The van der Waals surface area contributed by atoms with E-state index in [1.54, 1.807) is 10.7 Å². The Morgan fingerprint density at radius 2 is 2.10 bits per heavy atom. The van der Waals surface area contributed by atoms with Gasteiger partial charge >= 0.3 is 0 Å². The topological polar surface area (TPSA) is 133 Å². The molecule has 148 valence electrons. The van der Waals surface area contributed by atoms with Crippen LogP contribution in [0.2, 0.25) is 0 Å². The second kappa shape index (κ2) is 7.12. The van der Waals surface area contributed by atoms with Gasteiger partial charge in [0.05, 0.1) is 28.9 Å². The summed E-state index contributed by atoms with van der Waals surface area (Å²) in [5.74, 6) is 0.859. The lowest BCUT2D eigenvalue weighted by Crippen LogP contribution is -2.07. The van der Waals surface area contributed by atoms with Gasteiger partial charge in [-0.25, -0.2) is 14.6 Å². The molecule has 3 aromatic heterocycles. The third-order valence-corrected chi connectivity index (χ3v) is 5.49. The number of thioether (sulfide) groups is 1. The van der Waals surface area contributed by atoms with E-state index in [4.69, 9.17) is 4.42 Å². The normalized spacial score (nSPS) is 11.3. The number of para-hydroxylation sites is 1. The van der Waals surface area contributed by atoms with E-state index in [2.05, 4.69) is 20.1 Å². The molecule has 0 saturated heterocycles. The Balaban J connectivity index is 1.46. The molecule has 1 N–H and O–H groups in total. The molecule has 11 heteroatoms. The van der Waals surface area contributed by atoms with E-state index >= 15 is 0 Å². The number of nitrogens with one attached hydrogen (secondary N) is 1. The van der Waals surface area contributed by atoms with Crippen LogP contribution in [0.1, 0.15) is 5.89 Å². The zero-order valence-electron chi connectivity index (χ0n) is 15.2. The fraction of sp³-hybridized carbons (Fsp3) is 0.0526. The number of aromatic amines is 1. The Morgan fingerprint density at radius 3 is 2.97 bits per heavy atom. The Morgan fingerprint density at radius 1 is 1.23 bits per heavy atom. The van der Waals surface area contributed by atoms with Crippen LogP contribution >= 0.6 is 11.8 Å². The molecule has 3 heterocycles. The predicted octanol–water partition coefficient (Wildman–Crippen LogP) is 3.45. The van der Waals surface area contributed by atoms with Crippen LogP contribution in [0.25, 0.3) is 27.8 Å². The maximum absolute atomic E-state index is 12.0. The number of H-pyrrole nitrogens is 1. The molecule has 2 aromatic carbocycles. The fourth-order valence-electron chi connectivity index (χ4n) is 3.07. The molecule has 5 rings (SSSR count). The van der Waals surface area contributed by atoms with E-state index in [0.717, 1.165) is 10.6 Å². The van der Waals surface area contributed by atoms with Crippen LogP contribution in [0, 0.1) is 10.1 Å². The van der Waals surface area contributed by atoms with Crippen molar-refractivity contribution in [3.05, 3.63) is 81.3 Å². The van der Waals surface area contributed by atoms with Crippen molar-refractivity contribution in [2.24, 2.45) is 0 Å². The van der Waals surface area contributed by atoms with Gasteiger partial charge in [0.2, 0.25) is 5.89 Å². The fourth-order valence-corrected chi connectivity index (χ4v) is 3.94. The van der Waals surface area contributed by atoms with Crippen molar-refractivity contribution in [2.45, 2.75) is 10.6 Å². The zero-order chi connectivity index (χ0) is 20.7. The van der Waals surface area contributed by atoms with Gasteiger partial charge in [0.1, 0.15) is 10.9 Å². The third kappa shape index (κ3) is 3.10. The molecule has 0 aliphatic rings. The summed E-state index contributed by atoms with van der Waals surface area (Å²) in [6.45, 7) is 0. The van der Waals surface area contributed by atoms with Crippen molar-refractivity contribution in [2.75, 3.05) is 0 Å². The van der Waals surface area contributed by atoms with Crippen LogP contribution in [-0.2, 0) is 5.75 Å². The summed E-state index contributed by atoms with van der Waals surface area (Å²) in [4.78, 5) is 34.4. The lowest BCUT2D eigenvalue weighted by molar-refractivity contribution is -0.384. The highest BCUT2D eigenvalue weighted by molar-refractivity contribution is 7.98. The molecule has 5 aromatic rings. The molecule has 0 bridgehead atoms. The number of non-ortho nitro benzene ring substituents is 1. The summed E-state index contributed by atoms with van der Waals surface area (Å²) in [6.07, 6.45) is 2.83. The molecule has 0 aliphatic carbocycles. The van der Waals surface area contributed by atoms with E-state index in [0.29, 0.717) is 33.8 Å². The average molecular weight is 420 g/mol. The van der Waals surface area contributed by atoms with E-state index in [9.17, 15) is 14.9 Å². The molecule has 0 radical (unpaired) electrons. The minimum absolute atomic E-state index is 0.0339. The van der Waals surface area contributed by atoms with Crippen molar-refractivity contribution in [3.8, 4) is 5.69 Å². The van der Waals surface area contributed by atoms with Crippen LogP contribution in [0.4, 0.5) is 5.69 Å². The molecule has 0 saturated carbocycles. The van der Waals surface area contributed by atoms with Gasteiger partial charge in [0.25, 0.3) is 11.2 Å². The number of hydrogen-bond acceptors (Lipinski definition) is 8. The number of hydrogen-bond donors (Lipinski definition) is 1. The van der Waals surface area contributed by atoms with Gasteiger partial charge < -0.3 is 9.40 Å².